The number of hydrogen-bond donors (Lipinski definition) is 2. The first kappa shape index (κ1) is 15.1. The van der Waals surface area contributed by atoms with Crippen LogP contribution in [0.15, 0.2) is 27.8 Å². The zero-order valence-corrected chi connectivity index (χ0v) is 12.5. The molecule has 20 heavy (non-hydrogen) atoms. The first-order chi connectivity index (χ1) is 9.36. The molecule has 1 atom stereocenters. The maximum Gasteiger partial charge on any atom is 0.271 e. The van der Waals surface area contributed by atoms with Crippen molar-refractivity contribution in [1.82, 2.24) is 10.3 Å². The topological polar surface area (TPSA) is 115 Å². The maximum absolute atomic E-state index is 11.2. The van der Waals surface area contributed by atoms with E-state index in [9.17, 15) is 12.6 Å². The third-order valence-corrected chi connectivity index (χ3v) is 4.13. The number of nitrogens with zero attached hydrogens (tertiary/aromatic N) is 1. The monoisotopic (exact) mass is 317 g/mol. The van der Waals surface area contributed by atoms with Crippen molar-refractivity contribution in [2.24, 2.45) is 5.14 Å². The SMILES string of the molecule is CS(=O)CCNCc1cc2oc(S(N)(=O)=O)cc2cn1. The van der Waals surface area contributed by atoms with E-state index >= 15 is 0 Å². The number of nitrogens with two attached hydrogens (primary N) is 1. The molecule has 0 fully saturated rings. The maximum atomic E-state index is 11.2. The van der Waals surface area contributed by atoms with E-state index in [1.165, 1.54) is 12.3 Å². The predicted molar refractivity (Wildman–Crippen MR) is 76.0 cm³/mol. The molecule has 110 valence electrons. The van der Waals surface area contributed by atoms with Crippen LogP contribution in [0, 0.1) is 0 Å². The normalized spacial score (nSPS) is 13.7. The van der Waals surface area contributed by atoms with Gasteiger partial charge in [0.25, 0.3) is 10.0 Å². The van der Waals surface area contributed by atoms with Gasteiger partial charge < -0.3 is 9.73 Å². The van der Waals surface area contributed by atoms with Gasteiger partial charge in [-0.15, -0.1) is 0 Å². The van der Waals surface area contributed by atoms with Gasteiger partial charge in [0.1, 0.15) is 5.58 Å². The Morgan fingerprint density at radius 2 is 2.20 bits per heavy atom. The molecule has 2 aromatic rings. The van der Waals surface area contributed by atoms with E-state index in [1.54, 1.807) is 12.3 Å². The number of aromatic nitrogens is 1. The van der Waals surface area contributed by atoms with Gasteiger partial charge in [0, 0.05) is 59.6 Å². The summed E-state index contributed by atoms with van der Waals surface area (Å²) >= 11 is 0. The molecule has 0 radical (unpaired) electrons. The molecular weight excluding hydrogens is 302 g/mol. The highest BCUT2D eigenvalue weighted by Gasteiger charge is 2.14. The van der Waals surface area contributed by atoms with Crippen molar-refractivity contribution in [1.29, 1.82) is 0 Å². The lowest BCUT2D eigenvalue weighted by atomic mass is 10.3. The fourth-order valence-corrected chi connectivity index (χ4v) is 2.55. The lowest BCUT2D eigenvalue weighted by Gasteiger charge is -2.02. The van der Waals surface area contributed by atoms with Crippen molar-refractivity contribution >= 4 is 31.8 Å². The summed E-state index contributed by atoms with van der Waals surface area (Å²) in [5.74, 6) is 0.568. The minimum Gasteiger partial charge on any atom is -0.443 e. The third kappa shape index (κ3) is 3.85. The average molecular weight is 317 g/mol. The number of fused-ring (bicyclic) bond motifs is 1. The summed E-state index contributed by atoms with van der Waals surface area (Å²) < 4.78 is 38.5. The zero-order chi connectivity index (χ0) is 14.8. The van der Waals surface area contributed by atoms with Crippen molar-refractivity contribution in [3.8, 4) is 0 Å². The van der Waals surface area contributed by atoms with Crippen LogP contribution in [0.2, 0.25) is 0 Å². The molecule has 3 N–H and O–H groups in total. The Labute approximate surface area is 119 Å². The average Bonchev–Trinajstić information content (AvgIpc) is 2.77. The van der Waals surface area contributed by atoms with Gasteiger partial charge in [-0.05, 0) is 0 Å². The molecule has 0 aliphatic heterocycles. The van der Waals surface area contributed by atoms with E-state index in [2.05, 4.69) is 10.3 Å². The summed E-state index contributed by atoms with van der Waals surface area (Å²) in [6.45, 7) is 1.10. The van der Waals surface area contributed by atoms with Gasteiger partial charge in [-0.2, -0.15) is 0 Å². The molecule has 0 saturated heterocycles. The van der Waals surface area contributed by atoms with Gasteiger partial charge in [-0.25, -0.2) is 13.6 Å². The summed E-state index contributed by atoms with van der Waals surface area (Å²) in [7, 11) is -4.69. The smallest absolute Gasteiger partial charge is 0.271 e. The molecule has 0 bridgehead atoms. The van der Waals surface area contributed by atoms with Crippen LogP contribution in [-0.2, 0) is 27.4 Å². The van der Waals surface area contributed by atoms with Crippen LogP contribution in [-0.4, -0.2) is 36.2 Å². The summed E-state index contributed by atoms with van der Waals surface area (Å²) in [4.78, 5) is 4.18. The third-order valence-electron chi connectivity index (χ3n) is 2.59. The number of pyridine rings is 1. The first-order valence-corrected chi connectivity index (χ1v) is 9.05. The van der Waals surface area contributed by atoms with Gasteiger partial charge in [-0.3, -0.25) is 9.19 Å². The lowest BCUT2D eigenvalue weighted by molar-refractivity contribution is 0.482. The van der Waals surface area contributed by atoms with Crippen LogP contribution < -0.4 is 10.5 Å². The van der Waals surface area contributed by atoms with Crippen molar-refractivity contribution in [2.75, 3.05) is 18.6 Å². The fourth-order valence-electron chi connectivity index (χ4n) is 1.62. The molecule has 1 unspecified atom stereocenters. The number of sulfonamides is 1. The number of primary sulfonamides is 1. The summed E-state index contributed by atoms with van der Waals surface area (Å²) in [6, 6.07) is 3.00. The standard InChI is InChI=1S/C11H15N3O4S2/c1-19(15)3-2-13-7-9-5-10-8(6-14-9)4-11(18-10)20(12,16)17/h4-6,13H,2-3,7H2,1H3,(H2,12,16,17). The summed E-state index contributed by atoms with van der Waals surface area (Å²) in [5.41, 5.74) is 1.12. The van der Waals surface area contributed by atoms with Gasteiger partial charge in [-0.1, -0.05) is 0 Å². The van der Waals surface area contributed by atoms with Gasteiger partial charge in [0.15, 0.2) is 0 Å². The molecule has 9 heteroatoms. The predicted octanol–water partition coefficient (Wildman–Crippen LogP) is -0.0567. The highest BCUT2D eigenvalue weighted by molar-refractivity contribution is 7.89. The van der Waals surface area contributed by atoms with Crippen LogP contribution in [0.4, 0.5) is 0 Å². The van der Waals surface area contributed by atoms with Crippen LogP contribution in [0.5, 0.6) is 0 Å². The second kappa shape index (κ2) is 6.00. The molecule has 0 amide bonds. The Hall–Kier alpha value is -1.29. The highest BCUT2D eigenvalue weighted by atomic mass is 32.2. The lowest BCUT2D eigenvalue weighted by Crippen LogP contribution is -2.20. The molecule has 2 heterocycles. The Balaban J connectivity index is 2.11. The molecule has 0 aromatic carbocycles. The zero-order valence-electron chi connectivity index (χ0n) is 10.8. The number of hydrogen-bond acceptors (Lipinski definition) is 6. The molecule has 7 nitrogen and oxygen atoms in total. The Morgan fingerprint density at radius 1 is 1.45 bits per heavy atom. The van der Waals surface area contributed by atoms with Gasteiger partial charge in [0.05, 0.1) is 5.69 Å². The van der Waals surface area contributed by atoms with Crippen molar-refractivity contribution in [3.63, 3.8) is 0 Å². The van der Waals surface area contributed by atoms with Crippen molar-refractivity contribution in [3.05, 3.63) is 24.0 Å². The minimum atomic E-state index is -3.85. The molecule has 0 aliphatic rings. The molecule has 0 aliphatic carbocycles. The van der Waals surface area contributed by atoms with Crippen LogP contribution >= 0.6 is 0 Å². The van der Waals surface area contributed by atoms with E-state index in [-0.39, 0.29) is 5.09 Å². The first-order valence-electron chi connectivity index (χ1n) is 5.78. The fraction of sp³-hybridized carbons (Fsp3) is 0.364. The van der Waals surface area contributed by atoms with Crippen molar-refractivity contribution < 1.29 is 17.0 Å². The molecular formula is C11H15N3O4S2. The van der Waals surface area contributed by atoms with E-state index in [1.807, 2.05) is 0 Å². The van der Waals surface area contributed by atoms with Crippen LogP contribution in [0.1, 0.15) is 5.69 Å². The Bertz CT molecular complexity index is 739. The summed E-state index contributed by atoms with van der Waals surface area (Å²) in [6.07, 6.45) is 3.17. The number of nitrogens with one attached hydrogen (secondary N) is 1. The second-order valence-electron chi connectivity index (χ2n) is 4.28. The molecule has 0 saturated carbocycles. The van der Waals surface area contributed by atoms with Crippen molar-refractivity contribution in [2.45, 2.75) is 11.6 Å². The van der Waals surface area contributed by atoms with Crippen LogP contribution in [0.25, 0.3) is 11.0 Å². The molecule has 2 rings (SSSR count). The molecule has 0 spiro atoms. The minimum absolute atomic E-state index is 0.277. The van der Waals surface area contributed by atoms with Gasteiger partial charge in [0.2, 0.25) is 5.09 Å². The Kier molecular flexibility index (Phi) is 4.53. The van der Waals surface area contributed by atoms with Gasteiger partial charge >= 0.3 is 0 Å². The molecule has 2 aromatic heterocycles. The largest absolute Gasteiger partial charge is 0.443 e. The quantitative estimate of drug-likeness (QED) is 0.721. The van der Waals surface area contributed by atoms with Crippen LogP contribution in [0.3, 0.4) is 0 Å². The highest BCUT2D eigenvalue weighted by Crippen LogP contribution is 2.21. The number of furan rings is 1. The Morgan fingerprint density at radius 3 is 2.85 bits per heavy atom. The van der Waals surface area contributed by atoms with E-state index in [4.69, 9.17) is 9.56 Å². The number of rotatable bonds is 6. The van der Waals surface area contributed by atoms with E-state index < -0.39 is 20.8 Å². The second-order valence-corrected chi connectivity index (χ2v) is 7.33. The summed E-state index contributed by atoms with van der Waals surface area (Å²) in [5, 5.41) is 8.40. The van der Waals surface area contributed by atoms with E-state index in [0.717, 1.165) is 0 Å². The van der Waals surface area contributed by atoms with E-state index in [0.29, 0.717) is 35.5 Å².